The number of aryl methyl sites for hydroxylation is 1. The molecule has 102 valence electrons. The lowest BCUT2D eigenvalue weighted by molar-refractivity contribution is 0.267. The minimum Gasteiger partial charge on any atom is -0.463 e. The summed E-state index contributed by atoms with van der Waals surface area (Å²) in [5, 5.41) is 3.36. The van der Waals surface area contributed by atoms with Crippen LogP contribution in [0.25, 0.3) is 0 Å². The second-order valence-corrected chi connectivity index (χ2v) is 5.33. The number of hydrogen-bond donors (Lipinski definition) is 1. The molecule has 4 heteroatoms. The standard InChI is InChI=1S/C14H25N3O/c1-10(2)6-7-18-14-16-9-13(12(5)17-14)8-15-11(3)4/h9-11,15H,6-8H2,1-5H3. The Balaban J connectivity index is 2.51. The van der Waals surface area contributed by atoms with Gasteiger partial charge in [-0.25, -0.2) is 9.97 Å². The third-order valence-electron chi connectivity index (χ3n) is 2.69. The fraction of sp³-hybridized carbons (Fsp3) is 0.714. The van der Waals surface area contributed by atoms with Gasteiger partial charge in [-0.05, 0) is 19.3 Å². The third-order valence-corrected chi connectivity index (χ3v) is 2.69. The van der Waals surface area contributed by atoms with Gasteiger partial charge in [-0.3, -0.25) is 0 Å². The number of nitrogens with one attached hydrogen (secondary N) is 1. The molecule has 0 atom stereocenters. The minimum absolute atomic E-state index is 0.464. The Morgan fingerprint density at radius 1 is 1.28 bits per heavy atom. The van der Waals surface area contributed by atoms with E-state index in [2.05, 4.69) is 43.0 Å². The predicted molar refractivity (Wildman–Crippen MR) is 73.7 cm³/mol. The average Bonchev–Trinajstić information content (AvgIpc) is 2.27. The van der Waals surface area contributed by atoms with E-state index in [1.807, 2.05) is 13.1 Å². The van der Waals surface area contributed by atoms with Gasteiger partial charge in [-0.1, -0.05) is 27.7 Å². The molecule has 1 aromatic rings. The van der Waals surface area contributed by atoms with Crippen molar-refractivity contribution in [1.82, 2.24) is 15.3 Å². The lowest BCUT2D eigenvalue weighted by atomic mass is 10.1. The van der Waals surface area contributed by atoms with Crippen molar-refractivity contribution in [3.8, 4) is 6.01 Å². The van der Waals surface area contributed by atoms with Crippen molar-refractivity contribution in [3.05, 3.63) is 17.5 Å². The van der Waals surface area contributed by atoms with E-state index in [4.69, 9.17) is 4.74 Å². The fourth-order valence-corrected chi connectivity index (χ4v) is 1.41. The number of hydrogen-bond acceptors (Lipinski definition) is 4. The summed E-state index contributed by atoms with van der Waals surface area (Å²) < 4.78 is 5.54. The van der Waals surface area contributed by atoms with Crippen molar-refractivity contribution in [2.45, 2.75) is 53.6 Å². The Kier molecular flexibility index (Phi) is 6.05. The van der Waals surface area contributed by atoms with Crippen LogP contribution in [0.15, 0.2) is 6.20 Å². The second kappa shape index (κ2) is 7.31. The van der Waals surface area contributed by atoms with Crippen LogP contribution >= 0.6 is 0 Å². The molecule has 0 aliphatic carbocycles. The third kappa shape index (κ3) is 5.45. The molecule has 0 bridgehead atoms. The predicted octanol–water partition coefficient (Wildman–Crippen LogP) is 2.71. The van der Waals surface area contributed by atoms with Crippen LogP contribution in [0, 0.1) is 12.8 Å². The van der Waals surface area contributed by atoms with Crippen LogP contribution in [-0.2, 0) is 6.54 Å². The zero-order chi connectivity index (χ0) is 13.5. The molecule has 1 heterocycles. The summed E-state index contributed by atoms with van der Waals surface area (Å²) in [5.41, 5.74) is 2.11. The molecular formula is C14H25N3O. The van der Waals surface area contributed by atoms with Gasteiger partial charge in [0.05, 0.1) is 6.61 Å². The Bertz CT molecular complexity index is 364. The molecule has 0 amide bonds. The van der Waals surface area contributed by atoms with Crippen LogP contribution in [0.5, 0.6) is 6.01 Å². The zero-order valence-corrected chi connectivity index (χ0v) is 12.2. The van der Waals surface area contributed by atoms with Crippen LogP contribution in [0.1, 0.15) is 45.4 Å². The molecule has 4 nitrogen and oxygen atoms in total. The summed E-state index contributed by atoms with van der Waals surface area (Å²) in [6.07, 6.45) is 2.88. The summed E-state index contributed by atoms with van der Waals surface area (Å²) in [6.45, 7) is 12.1. The molecule has 0 fully saturated rings. The van der Waals surface area contributed by atoms with E-state index in [-0.39, 0.29) is 0 Å². The number of nitrogens with zero attached hydrogens (tertiary/aromatic N) is 2. The van der Waals surface area contributed by atoms with E-state index < -0.39 is 0 Å². The maximum absolute atomic E-state index is 5.54. The topological polar surface area (TPSA) is 47.0 Å². The molecule has 0 saturated carbocycles. The van der Waals surface area contributed by atoms with Crippen molar-refractivity contribution < 1.29 is 4.74 Å². The first-order valence-electron chi connectivity index (χ1n) is 6.67. The Morgan fingerprint density at radius 2 is 2.00 bits per heavy atom. The van der Waals surface area contributed by atoms with Gasteiger partial charge in [0.15, 0.2) is 0 Å². The van der Waals surface area contributed by atoms with E-state index in [9.17, 15) is 0 Å². The van der Waals surface area contributed by atoms with Gasteiger partial charge < -0.3 is 10.1 Å². The summed E-state index contributed by atoms with van der Waals surface area (Å²) >= 11 is 0. The first-order chi connectivity index (χ1) is 8.49. The minimum atomic E-state index is 0.464. The summed E-state index contributed by atoms with van der Waals surface area (Å²) in [5.74, 6) is 0.639. The SMILES string of the molecule is Cc1nc(OCCC(C)C)ncc1CNC(C)C. The highest BCUT2D eigenvalue weighted by atomic mass is 16.5. The van der Waals surface area contributed by atoms with Gasteiger partial charge in [-0.2, -0.15) is 0 Å². The Morgan fingerprint density at radius 3 is 2.56 bits per heavy atom. The smallest absolute Gasteiger partial charge is 0.316 e. The lowest BCUT2D eigenvalue weighted by Gasteiger charge is -2.11. The zero-order valence-electron chi connectivity index (χ0n) is 12.2. The average molecular weight is 251 g/mol. The molecule has 1 rings (SSSR count). The molecule has 0 aliphatic heterocycles. The lowest BCUT2D eigenvalue weighted by Crippen LogP contribution is -2.22. The van der Waals surface area contributed by atoms with Crippen LogP contribution < -0.4 is 10.1 Å². The highest BCUT2D eigenvalue weighted by molar-refractivity contribution is 5.17. The highest BCUT2D eigenvalue weighted by Crippen LogP contribution is 2.10. The molecule has 1 N–H and O–H groups in total. The summed E-state index contributed by atoms with van der Waals surface area (Å²) in [6, 6.07) is 0.952. The van der Waals surface area contributed by atoms with Crippen LogP contribution in [-0.4, -0.2) is 22.6 Å². The van der Waals surface area contributed by atoms with E-state index in [0.29, 0.717) is 24.6 Å². The van der Waals surface area contributed by atoms with E-state index >= 15 is 0 Å². The van der Waals surface area contributed by atoms with Gasteiger partial charge in [0, 0.05) is 30.0 Å². The molecule has 0 saturated heterocycles. The summed E-state index contributed by atoms with van der Waals surface area (Å²) in [7, 11) is 0. The first kappa shape index (κ1) is 14.9. The highest BCUT2D eigenvalue weighted by Gasteiger charge is 2.05. The first-order valence-corrected chi connectivity index (χ1v) is 6.67. The molecule has 0 spiro atoms. The van der Waals surface area contributed by atoms with Crippen molar-refractivity contribution in [1.29, 1.82) is 0 Å². The van der Waals surface area contributed by atoms with Gasteiger partial charge in [0.25, 0.3) is 0 Å². The molecule has 1 aromatic heterocycles. The Hall–Kier alpha value is -1.16. The van der Waals surface area contributed by atoms with E-state index in [1.54, 1.807) is 0 Å². The van der Waals surface area contributed by atoms with Crippen molar-refractivity contribution in [3.63, 3.8) is 0 Å². The van der Waals surface area contributed by atoms with Crippen LogP contribution in [0.4, 0.5) is 0 Å². The van der Waals surface area contributed by atoms with Crippen molar-refractivity contribution in [2.75, 3.05) is 6.61 Å². The molecule has 0 radical (unpaired) electrons. The number of rotatable bonds is 7. The monoisotopic (exact) mass is 251 g/mol. The summed E-state index contributed by atoms with van der Waals surface area (Å²) in [4.78, 5) is 8.62. The van der Waals surface area contributed by atoms with Crippen LogP contribution in [0.3, 0.4) is 0 Å². The van der Waals surface area contributed by atoms with Gasteiger partial charge in [-0.15, -0.1) is 0 Å². The Labute approximate surface area is 110 Å². The van der Waals surface area contributed by atoms with Gasteiger partial charge in [0.2, 0.25) is 0 Å². The maximum atomic E-state index is 5.54. The van der Waals surface area contributed by atoms with Gasteiger partial charge >= 0.3 is 6.01 Å². The second-order valence-electron chi connectivity index (χ2n) is 5.33. The maximum Gasteiger partial charge on any atom is 0.316 e. The molecule has 0 aliphatic rings. The molecular weight excluding hydrogens is 226 g/mol. The molecule has 0 aromatic carbocycles. The van der Waals surface area contributed by atoms with E-state index in [0.717, 1.165) is 24.2 Å². The quantitative estimate of drug-likeness (QED) is 0.809. The molecule has 18 heavy (non-hydrogen) atoms. The number of aromatic nitrogens is 2. The van der Waals surface area contributed by atoms with E-state index in [1.165, 1.54) is 0 Å². The van der Waals surface area contributed by atoms with Gasteiger partial charge in [0.1, 0.15) is 0 Å². The van der Waals surface area contributed by atoms with Crippen molar-refractivity contribution >= 4 is 0 Å². The largest absolute Gasteiger partial charge is 0.463 e. The van der Waals surface area contributed by atoms with Crippen molar-refractivity contribution in [2.24, 2.45) is 5.92 Å². The normalized spacial score (nSPS) is 11.3. The van der Waals surface area contributed by atoms with Crippen LogP contribution in [0.2, 0.25) is 0 Å². The number of ether oxygens (including phenoxy) is 1. The fourth-order valence-electron chi connectivity index (χ4n) is 1.41. The molecule has 0 unspecified atom stereocenters.